The van der Waals surface area contributed by atoms with Gasteiger partial charge in [-0.25, -0.2) is 0 Å². The summed E-state index contributed by atoms with van der Waals surface area (Å²) < 4.78 is 5.36. The predicted molar refractivity (Wildman–Crippen MR) is 107 cm³/mol. The molecule has 3 rings (SSSR count). The summed E-state index contributed by atoms with van der Waals surface area (Å²) in [5.41, 5.74) is 0.860. The third kappa shape index (κ3) is 4.42. The Labute approximate surface area is 160 Å². The van der Waals surface area contributed by atoms with Gasteiger partial charge in [0.1, 0.15) is 5.75 Å². The van der Waals surface area contributed by atoms with E-state index in [1.54, 1.807) is 18.9 Å². The van der Waals surface area contributed by atoms with Crippen molar-refractivity contribution in [2.75, 3.05) is 12.4 Å². The van der Waals surface area contributed by atoms with Crippen LogP contribution in [0.5, 0.6) is 5.75 Å². The summed E-state index contributed by atoms with van der Waals surface area (Å²) in [4.78, 5) is 13.7. The molecule has 1 amide bonds. The monoisotopic (exact) mass is 385 g/mol. The molecule has 0 aliphatic rings. The van der Waals surface area contributed by atoms with Crippen molar-refractivity contribution < 1.29 is 9.53 Å². The average Bonchev–Trinajstić information content (AvgIpc) is 3.15. The molecule has 0 bridgehead atoms. The number of amides is 1. The third-order valence-corrected chi connectivity index (χ3v) is 5.93. The Morgan fingerprint density at radius 3 is 2.62 bits per heavy atom. The smallest absolute Gasteiger partial charge is 0.239 e. The molecule has 134 valence electrons. The molecule has 1 atom stereocenters. The Hall–Kier alpha value is -2.38. The summed E-state index contributed by atoms with van der Waals surface area (Å²) in [6.45, 7) is 2.00. The van der Waals surface area contributed by atoms with E-state index >= 15 is 0 Å². The maximum absolute atomic E-state index is 12.6. The topological polar surface area (TPSA) is 64.1 Å². The first-order chi connectivity index (χ1) is 12.7. The number of aromatic nitrogens is 2. The van der Waals surface area contributed by atoms with Gasteiger partial charge in [0.05, 0.1) is 17.9 Å². The fourth-order valence-corrected chi connectivity index (χ4v) is 4.13. The molecule has 26 heavy (non-hydrogen) atoms. The molecule has 0 saturated carbocycles. The molecule has 7 heteroatoms. The van der Waals surface area contributed by atoms with E-state index in [1.807, 2.05) is 61.5 Å². The highest BCUT2D eigenvalue weighted by Gasteiger charge is 2.20. The maximum atomic E-state index is 12.6. The van der Waals surface area contributed by atoms with Crippen molar-refractivity contribution in [1.29, 1.82) is 0 Å². The number of methoxy groups -OCH3 is 1. The lowest BCUT2D eigenvalue weighted by atomic mass is 10.2. The molecule has 0 saturated heterocycles. The molecule has 0 unspecified atom stereocenters. The normalized spacial score (nSPS) is 11.8. The summed E-state index contributed by atoms with van der Waals surface area (Å²) in [5.74, 6) is 0.664. The van der Waals surface area contributed by atoms with Gasteiger partial charge in [0.2, 0.25) is 11.0 Å². The first kappa shape index (κ1) is 18.4. The Bertz CT molecular complexity index is 868. The van der Waals surface area contributed by atoms with Crippen molar-refractivity contribution >= 4 is 34.1 Å². The second kappa shape index (κ2) is 8.82. The molecule has 0 spiro atoms. The van der Waals surface area contributed by atoms with Gasteiger partial charge in [0, 0.05) is 4.90 Å². The average molecular weight is 386 g/mol. The highest BCUT2D eigenvalue weighted by molar-refractivity contribution is 8.00. The van der Waals surface area contributed by atoms with Crippen molar-refractivity contribution in [3.05, 3.63) is 54.6 Å². The predicted octanol–water partition coefficient (Wildman–Crippen LogP) is 4.72. The van der Waals surface area contributed by atoms with Crippen LogP contribution in [0.1, 0.15) is 13.3 Å². The zero-order valence-corrected chi connectivity index (χ0v) is 16.1. The van der Waals surface area contributed by atoms with E-state index in [2.05, 4.69) is 15.5 Å². The van der Waals surface area contributed by atoms with Crippen LogP contribution >= 0.6 is 23.1 Å². The van der Waals surface area contributed by atoms with Crippen molar-refractivity contribution in [3.8, 4) is 16.3 Å². The van der Waals surface area contributed by atoms with Gasteiger partial charge in [0.15, 0.2) is 5.01 Å². The van der Waals surface area contributed by atoms with Gasteiger partial charge in [-0.15, -0.1) is 22.0 Å². The van der Waals surface area contributed by atoms with E-state index in [9.17, 15) is 4.79 Å². The van der Waals surface area contributed by atoms with Gasteiger partial charge >= 0.3 is 0 Å². The number of nitrogens with zero attached hydrogens (tertiary/aromatic N) is 2. The van der Waals surface area contributed by atoms with Crippen molar-refractivity contribution in [1.82, 2.24) is 10.2 Å². The molecular weight excluding hydrogens is 366 g/mol. The number of benzene rings is 2. The van der Waals surface area contributed by atoms with Crippen LogP contribution in [0.4, 0.5) is 5.13 Å². The number of anilines is 1. The molecule has 1 heterocycles. The lowest BCUT2D eigenvalue weighted by molar-refractivity contribution is -0.115. The summed E-state index contributed by atoms with van der Waals surface area (Å²) in [6, 6.07) is 17.5. The number of carbonyl (C=O) groups is 1. The van der Waals surface area contributed by atoms with E-state index < -0.39 is 0 Å². The van der Waals surface area contributed by atoms with Gasteiger partial charge in [-0.2, -0.15) is 0 Å². The maximum Gasteiger partial charge on any atom is 0.239 e. The number of carbonyl (C=O) groups excluding carboxylic acids is 1. The highest BCUT2D eigenvalue weighted by Crippen LogP contribution is 2.33. The summed E-state index contributed by atoms with van der Waals surface area (Å²) >= 11 is 2.88. The third-order valence-electron chi connectivity index (χ3n) is 3.68. The minimum absolute atomic E-state index is 0.0657. The van der Waals surface area contributed by atoms with Crippen molar-refractivity contribution in [3.63, 3.8) is 0 Å². The van der Waals surface area contributed by atoms with Crippen molar-refractivity contribution in [2.24, 2.45) is 0 Å². The van der Waals surface area contributed by atoms with Crippen LogP contribution < -0.4 is 10.1 Å². The number of rotatable bonds is 7. The number of para-hydroxylation sites is 1. The first-order valence-corrected chi connectivity index (χ1v) is 9.90. The van der Waals surface area contributed by atoms with E-state index in [0.29, 0.717) is 10.1 Å². The van der Waals surface area contributed by atoms with Crippen LogP contribution in [0, 0.1) is 0 Å². The van der Waals surface area contributed by atoms with E-state index in [4.69, 9.17) is 4.74 Å². The molecule has 0 fully saturated rings. The Kier molecular flexibility index (Phi) is 6.25. The van der Waals surface area contributed by atoms with Gasteiger partial charge in [-0.05, 0) is 30.7 Å². The number of nitrogens with one attached hydrogen (secondary N) is 1. The Morgan fingerprint density at radius 1 is 1.15 bits per heavy atom. The van der Waals surface area contributed by atoms with Gasteiger partial charge in [0.25, 0.3) is 0 Å². The second-order valence-electron chi connectivity index (χ2n) is 5.43. The zero-order chi connectivity index (χ0) is 18.4. The van der Waals surface area contributed by atoms with Crippen LogP contribution in [0.2, 0.25) is 0 Å². The summed E-state index contributed by atoms with van der Waals surface area (Å²) in [6.07, 6.45) is 0.726. The lowest BCUT2D eigenvalue weighted by Crippen LogP contribution is -2.24. The molecule has 0 aliphatic carbocycles. The summed E-state index contributed by atoms with van der Waals surface area (Å²) in [7, 11) is 1.62. The second-order valence-corrected chi connectivity index (χ2v) is 7.68. The van der Waals surface area contributed by atoms with Crippen LogP contribution in [0.3, 0.4) is 0 Å². The molecule has 0 aliphatic heterocycles. The molecule has 0 radical (unpaired) electrons. The summed E-state index contributed by atoms with van der Waals surface area (Å²) in [5, 5.41) is 12.2. The number of ether oxygens (including phenoxy) is 1. The van der Waals surface area contributed by atoms with Crippen LogP contribution in [-0.4, -0.2) is 28.5 Å². The minimum Gasteiger partial charge on any atom is -0.496 e. The Morgan fingerprint density at radius 2 is 1.88 bits per heavy atom. The fraction of sp³-hybridized carbons (Fsp3) is 0.211. The fourth-order valence-electron chi connectivity index (χ4n) is 2.38. The lowest BCUT2D eigenvalue weighted by Gasteiger charge is -2.13. The first-order valence-electron chi connectivity index (χ1n) is 8.20. The quantitative estimate of drug-likeness (QED) is 0.596. The molecule has 1 N–H and O–H groups in total. The Balaban J connectivity index is 1.70. The SMILES string of the molecule is CC[C@H](Sc1ccccc1)C(=O)Nc1nnc(-c2ccccc2OC)s1. The highest BCUT2D eigenvalue weighted by atomic mass is 32.2. The molecule has 1 aromatic heterocycles. The van der Waals surface area contributed by atoms with E-state index in [-0.39, 0.29) is 11.2 Å². The molecule has 2 aromatic carbocycles. The van der Waals surface area contributed by atoms with Crippen LogP contribution in [0.25, 0.3) is 10.6 Å². The van der Waals surface area contributed by atoms with Crippen molar-refractivity contribution in [2.45, 2.75) is 23.5 Å². The molecular formula is C19H19N3O2S2. The van der Waals surface area contributed by atoms with Gasteiger partial charge in [-0.1, -0.05) is 48.6 Å². The van der Waals surface area contributed by atoms with E-state index in [1.165, 1.54) is 11.3 Å². The number of thioether (sulfide) groups is 1. The van der Waals surface area contributed by atoms with Gasteiger partial charge in [-0.3, -0.25) is 10.1 Å². The molecule has 5 nitrogen and oxygen atoms in total. The largest absolute Gasteiger partial charge is 0.496 e. The minimum atomic E-state index is -0.184. The van der Waals surface area contributed by atoms with Gasteiger partial charge < -0.3 is 4.74 Å². The zero-order valence-electron chi connectivity index (χ0n) is 14.5. The van der Waals surface area contributed by atoms with Crippen LogP contribution in [0.15, 0.2) is 59.5 Å². The molecule has 3 aromatic rings. The van der Waals surface area contributed by atoms with E-state index in [0.717, 1.165) is 22.6 Å². The standard InChI is InChI=1S/C19H19N3O2S2/c1-3-16(25-13-9-5-4-6-10-13)17(23)20-19-22-21-18(26-19)14-11-7-8-12-15(14)24-2/h4-12,16H,3H2,1-2H3,(H,20,22,23)/t16-/m0/s1. The number of hydrogen-bond acceptors (Lipinski definition) is 6. The number of hydrogen-bond donors (Lipinski definition) is 1. The van der Waals surface area contributed by atoms with Crippen LogP contribution in [-0.2, 0) is 4.79 Å².